The number of rotatable bonds is 12. The fraction of sp³-hybridized carbons (Fsp3) is 0.379. The van der Waals surface area contributed by atoms with Gasteiger partial charge in [0.05, 0.1) is 22.4 Å². The molecular weight excluding hydrogens is 689 g/mol. The minimum atomic E-state index is -3.82. The van der Waals surface area contributed by atoms with Crippen LogP contribution in [0.4, 0.5) is 17.3 Å². The molecule has 1 aliphatic heterocycles. The van der Waals surface area contributed by atoms with E-state index in [1.54, 1.807) is 31.2 Å². The van der Waals surface area contributed by atoms with Crippen molar-refractivity contribution in [1.29, 1.82) is 5.26 Å². The molecule has 0 radical (unpaired) electrons. The second-order valence-electron chi connectivity index (χ2n) is 10.5. The molecule has 14 nitrogen and oxygen atoms in total. The zero-order valence-electron chi connectivity index (χ0n) is 26.4. The van der Waals surface area contributed by atoms with E-state index in [9.17, 15) is 26.9 Å². The standard InChI is InChI=1S/C29H37N9O5S2.2ClH/c1-21-17-24(19-30)35-29(33-21)37-13-15-38(16-14-37)45(42,43)25-8-6-23(7-9-25)34-28(39)26-18-22(20-32-12-11-31-2)5-10-27(26)36(3)44(4,40)41;;/h5-10,17-18,31-32H,11-16,20H2,1-4H3,(H,34,39);2*1H. The lowest BCUT2D eigenvalue weighted by Gasteiger charge is -2.34. The molecule has 0 aliphatic carbocycles. The Morgan fingerprint density at radius 1 is 0.979 bits per heavy atom. The van der Waals surface area contributed by atoms with Gasteiger partial charge in [-0.25, -0.2) is 26.8 Å². The van der Waals surface area contributed by atoms with Gasteiger partial charge in [-0.2, -0.15) is 9.57 Å². The number of amides is 1. The zero-order valence-corrected chi connectivity index (χ0v) is 29.7. The summed E-state index contributed by atoms with van der Waals surface area (Å²) >= 11 is 0. The quantitative estimate of drug-likeness (QED) is 0.232. The largest absolute Gasteiger partial charge is 0.338 e. The smallest absolute Gasteiger partial charge is 0.257 e. The van der Waals surface area contributed by atoms with Gasteiger partial charge < -0.3 is 20.9 Å². The van der Waals surface area contributed by atoms with Crippen LogP contribution in [0.1, 0.15) is 27.3 Å². The van der Waals surface area contributed by atoms with E-state index in [4.69, 9.17) is 0 Å². The Morgan fingerprint density at radius 2 is 1.64 bits per heavy atom. The molecule has 1 saturated heterocycles. The molecule has 47 heavy (non-hydrogen) atoms. The van der Waals surface area contributed by atoms with Gasteiger partial charge in [-0.1, -0.05) is 6.07 Å². The Bertz CT molecular complexity index is 1800. The van der Waals surface area contributed by atoms with Crippen LogP contribution in [0.2, 0.25) is 0 Å². The molecule has 0 atom stereocenters. The van der Waals surface area contributed by atoms with Crippen molar-refractivity contribution in [2.75, 3.05) is 74.1 Å². The number of hydrogen-bond donors (Lipinski definition) is 3. The van der Waals surface area contributed by atoms with Gasteiger partial charge in [0.1, 0.15) is 11.8 Å². The topological polar surface area (TPSA) is 181 Å². The highest BCUT2D eigenvalue weighted by Crippen LogP contribution is 2.26. The van der Waals surface area contributed by atoms with Gasteiger partial charge in [0.15, 0.2) is 0 Å². The van der Waals surface area contributed by atoms with Crippen LogP contribution in [0.25, 0.3) is 0 Å². The van der Waals surface area contributed by atoms with Gasteiger partial charge in [-0.15, -0.1) is 24.8 Å². The van der Waals surface area contributed by atoms with Gasteiger partial charge in [0.25, 0.3) is 5.91 Å². The van der Waals surface area contributed by atoms with Crippen LogP contribution in [0.15, 0.2) is 53.4 Å². The normalized spacial score (nSPS) is 13.6. The zero-order chi connectivity index (χ0) is 32.8. The number of aryl methyl sites for hydroxylation is 1. The summed E-state index contributed by atoms with van der Waals surface area (Å²) in [7, 11) is -4.24. The molecule has 0 saturated carbocycles. The third kappa shape index (κ3) is 9.97. The molecule has 2 heterocycles. The number of aromatic nitrogens is 2. The Kier molecular flexibility index (Phi) is 14.3. The molecule has 1 fully saturated rings. The minimum absolute atomic E-state index is 0. The second kappa shape index (κ2) is 17.0. The minimum Gasteiger partial charge on any atom is -0.338 e. The first-order valence-electron chi connectivity index (χ1n) is 14.2. The SMILES string of the molecule is CNCCNCc1ccc(N(C)S(C)(=O)=O)c(C(=O)Nc2ccc(S(=O)(=O)N3CCN(c4nc(C)cc(C#N)n4)CC3)cc2)c1.Cl.Cl. The van der Waals surface area contributed by atoms with Crippen LogP contribution in [0.5, 0.6) is 0 Å². The summed E-state index contributed by atoms with van der Waals surface area (Å²) in [6.45, 7) is 4.84. The number of nitriles is 1. The fourth-order valence-electron chi connectivity index (χ4n) is 4.71. The third-order valence-corrected chi connectivity index (χ3v) is 10.4. The van der Waals surface area contributed by atoms with Crippen molar-refractivity contribution in [3.8, 4) is 6.07 Å². The highest BCUT2D eigenvalue weighted by Gasteiger charge is 2.30. The summed E-state index contributed by atoms with van der Waals surface area (Å²) in [6, 6.07) is 14.4. The number of hydrogen-bond acceptors (Lipinski definition) is 11. The maximum Gasteiger partial charge on any atom is 0.257 e. The molecule has 0 bridgehead atoms. The Hall–Kier alpha value is -3.56. The second-order valence-corrected chi connectivity index (χ2v) is 14.5. The van der Waals surface area contributed by atoms with Crippen molar-refractivity contribution in [2.24, 2.45) is 0 Å². The van der Waals surface area contributed by atoms with Crippen molar-refractivity contribution in [3.63, 3.8) is 0 Å². The van der Waals surface area contributed by atoms with Crippen LogP contribution in [-0.4, -0.2) is 96.6 Å². The third-order valence-electron chi connectivity index (χ3n) is 7.25. The average molecular weight is 729 g/mol. The number of anilines is 3. The van der Waals surface area contributed by atoms with E-state index in [1.165, 1.54) is 35.6 Å². The lowest BCUT2D eigenvalue weighted by Crippen LogP contribution is -2.49. The number of nitrogens with zero attached hydrogens (tertiary/aromatic N) is 6. The fourth-order valence-corrected chi connectivity index (χ4v) is 6.65. The van der Waals surface area contributed by atoms with E-state index in [1.807, 2.05) is 18.0 Å². The average Bonchev–Trinajstić information content (AvgIpc) is 3.02. The number of halogens is 2. The highest BCUT2D eigenvalue weighted by molar-refractivity contribution is 7.92. The number of carbonyl (C=O) groups is 1. The van der Waals surface area contributed by atoms with Crippen molar-refractivity contribution in [2.45, 2.75) is 18.4 Å². The van der Waals surface area contributed by atoms with E-state index in [-0.39, 0.29) is 59.7 Å². The van der Waals surface area contributed by atoms with E-state index >= 15 is 0 Å². The summed E-state index contributed by atoms with van der Waals surface area (Å²) in [5.41, 5.74) is 2.42. The Morgan fingerprint density at radius 3 is 2.23 bits per heavy atom. The van der Waals surface area contributed by atoms with Gasteiger partial charge in [-0.05, 0) is 62.0 Å². The summed E-state index contributed by atoms with van der Waals surface area (Å²) in [4.78, 5) is 24.0. The van der Waals surface area contributed by atoms with Crippen LogP contribution < -0.4 is 25.2 Å². The maximum absolute atomic E-state index is 13.4. The van der Waals surface area contributed by atoms with E-state index in [0.717, 1.165) is 22.7 Å². The van der Waals surface area contributed by atoms with E-state index in [2.05, 4.69) is 25.9 Å². The molecule has 1 amide bonds. The van der Waals surface area contributed by atoms with Crippen molar-refractivity contribution >= 4 is 68.1 Å². The molecule has 0 unspecified atom stereocenters. The van der Waals surface area contributed by atoms with Crippen LogP contribution in [-0.2, 0) is 26.6 Å². The number of sulfonamides is 2. The van der Waals surface area contributed by atoms with E-state index < -0.39 is 26.0 Å². The molecule has 18 heteroatoms. The number of likely N-dealkylation sites (N-methyl/N-ethyl adjacent to an activating group) is 1. The van der Waals surface area contributed by atoms with Crippen molar-refractivity contribution < 1.29 is 21.6 Å². The number of benzene rings is 2. The molecular formula is C29H39Cl2N9O5S2. The first kappa shape index (κ1) is 39.6. The summed E-state index contributed by atoms with van der Waals surface area (Å²) in [5, 5.41) is 18.3. The summed E-state index contributed by atoms with van der Waals surface area (Å²) < 4.78 is 53.8. The molecule has 1 aliphatic rings. The first-order chi connectivity index (χ1) is 21.3. The van der Waals surface area contributed by atoms with Crippen molar-refractivity contribution in [3.05, 3.63) is 71.0 Å². The maximum atomic E-state index is 13.4. The Labute approximate surface area is 288 Å². The molecule has 3 aromatic rings. The monoisotopic (exact) mass is 727 g/mol. The molecule has 1 aromatic heterocycles. The number of carbonyl (C=O) groups excluding carboxylic acids is 1. The van der Waals surface area contributed by atoms with Crippen molar-refractivity contribution in [1.82, 2.24) is 24.9 Å². The van der Waals surface area contributed by atoms with Crippen LogP contribution in [0, 0.1) is 18.3 Å². The number of piperazine rings is 1. The van der Waals surface area contributed by atoms with Gasteiger partial charge in [0, 0.05) is 64.2 Å². The van der Waals surface area contributed by atoms with Crippen LogP contribution >= 0.6 is 24.8 Å². The van der Waals surface area contributed by atoms with E-state index in [0.29, 0.717) is 43.5 Å². The molecule has 3 N–H and O–H groups in total. The Balaban J connectivity index is 0.00000384. The van der Waals surface area contributed by atoms with Gasteiger partial charge in [-0.3, -0.25) is 9.10 Å². The lowest BCUT2D eigenvalue weighted by molar-refractivity contribution is 0.102. The van der Waals surface area contributed by atoms with Crippen LogP contribution in [0.3, 0.4) is 0 Å². The summed E-state index contributed by atoms with van der Waals surface area (Å²) in [5.74, 6) is -0.146. The van der Waals surface area contributed by atoms with Gasteiger partial charge in [0.2, 0.25) is 26.0 Å². The predicted molar refractivity (Wildman–Crippen MR) is 187 cm³/mol. The first-order valence-corrected chi connectivity index (χ1v) is 17.5. The lowest BCUT2D eigenvalue weighted by atomic mass is 10.1. The number of nitrogens with one attached hydrogen (secondary N) is 3. The molecule has 0 spiro atoms. The molecule has 256 valence electrons. The summed E-state index contributed by atoms with van der Waals surface area (Å²) in [6.07, 6.45) is 1.06. The van der Waals surface area contributed by atoms with Gasteiger partial charge >= 0.3 is 0 Å². The molecule has 4 rings (SSSR count). The predicted octanol–water partition coefficient (Wildman–Crippen LogP) is 1.97. The molecule has 2 aromatic carbocycles. The highest BCUT2D eigenvalue weighted by atomic mass is 35.5.